The van der Waals surface area contributed by atoms with E-state index in [0.717, 1.165) is 50.3 Å². The molecule has 0 aliphatic carbocycles. The van der Waals surface area contributed by atoms with Gasteiger partial charge < -0.3 is 24.4 Å². The fourth-order valence-corrected chi connectivity index (χ4v) is 14.3. The van der Waals surface area contributed by atoms with Gasteiger partial charge in [0.15, 0.2) is 5.60 Å². The van der Waals surface area contributed by atoms with E-state index in [0.29, 0.717) is 18.7 Å². The number of nitrogens with zero attached hydrogens (tertiary/aromatic N) is 3. The first-order valence-electron chi connectivity index (χ1n) is 20.7. The van der Waals surface area contributed by atoms with Gasteiger partial charge in [-0.25, -0.2) is 0 Å². The number of amides is 3. The maximum Gasteiger partial charge on any atom is 0.264 e. The quantitative estimate of drug-likeness (QED) is 0.125. The molecular formula is C50H49N3O6Si. The molecule has 3 heterocycles. The minimum atomic E-state index is -2.51. The molecule has 1 N–H and O–H groups in total. The van der Waals surface area contributed by atoms with Crippen molar-refractivity contribution in [2.75, 3.05) is 30.1 Å². The number of aliphatic hydroxyl groups is 1. The van der Waals surface area contributed by atoms with Crippen LogP contribution in [0.15, 0.2) is 140 Å². The van der Waals surface area contributed by atoms with E-state index in [9.17, 15) is 14.7 Å². The van der Waals surface area contributed by atoms with Crippen molar-refractivity contribution in [1.29, 1.82) is 0 Å². The summed E-state index contributed by atoms with van der Waals surface area (Å²) >= 11 is 0. The van der Waals surface area contributed by atoms with Crippen LogP contribution in [0, 0.1) is 5.92 Å². The minimum absolute atomic E-state index is 0.0595. The Labute approximate surface area is 351 Å². The highest BCUT2D eigenvalue weighted by Crippen LogP contribution is 2.60. The molecule has 10 heteroatoms. The molecule has 60 heavy (non-hydrogen) atoms. The molecule has 0 radical (unpaired) electrons. The number of para-hydroxylation sites is 1. The highest BCUT2D eigenvalue weighted by Gasteiger charge is 2.66. The number of rotatable bonds is 12. The van der Waals surface area contributed by atoms with Crippen molar-refractivity contribution in [3.8, 4) is 5.75 Å². The van der Waals surface area contributed by atoms with Gasteiger partial charge in [-0.15, -0.1) is 0 Å². The van der Waals surface area contributed by atoms with Gasteiger partial charge in [0.25, 0.3) is 11.8 Å². The van der Waals surface area contributed by atoms with Gasteiger partial charge in [-0.1, -0.05) is 122 Å². The molecule has 3 aliphatic heterocycles. The molecule has 3 amide bonds. The Morgan fingerprint density at radius 1 is 0.817 bits per heavy atom. The Bertz CT molecular complexity index is 2590. The topological polar surface area (TPSA) is 99.6 Å². The van der Waals surface area contributed by atoms with Crippen molar-refractivity contribution >= 4 is 58.8 Å². The van der Waals surface area contributed by atoms with Crippen LogP contribution in [-0.2, 0) is 33.0 Å². The van der Waals surface area contributed by atoms with E-state index in [1.165, 1.54) is 5.19 Å². The molecule has 304 valence electrons. The highest BCUT2D eigenvalue weighted by atomic mass is 28.3. The molecular weight excluding hydrogens is 767 g/mol. The molecule has 0 unspecified atom stereocenters. The van der Waals surface area contributed by atoms with Crippen LogP contribution in [0.2, 0.25) is 18.6 Å². The fourth-order valence-electron chi connectivity index (χ4n) is 10.2. The van der Waals surface area contributed by atoms with Gasteiger partial charge in [0, 0.05) is 35.6 Å². The molecule has 0 saturated carbocycles. The Hall–Kier alpha value is -6.07. The second-order valence-electron chi connectivity index (χ2n) is 16.8. The average molecular weight is 816 g/mol. The zero-order chi connectivity index (χ0) is 41.8. The number of methoxy groups -OCH3 is 1. The molecule has 1 fully saturated rings. The maximum atomic E-state index is 15.4. The van der Waals surface area contributed by atoms with Gasteiger partial charge in [-0.05, 0) is 64.5 Å². The van der Waals surface area contributed by atoms with Crippen molar-refractivity contribution in [3.63, 3.8) is 0 Å². The van der Waals surface area contributed by atoms with Gasteiger partial charge >= 0.3 is 0 Å². The average Bonchev–Trinajstić information content (AvgIpc) is 3.82. The van der Waals surface area contributed by atoms with E-state index in [1.54, 1.807) is 16.9 Å². The number of benzene rings is 6. The smallest absolute Gasteiger partial charge is 0.264 e. The molecule has 1 spiro atoms. The van der Waals surface area contributed by atoms with Crippen molar-refractivity contribution in [3.05, 3.63) is 162 Å². The summed E-state index contributed by atoms with van der Waals surface area (Å²) in [6.07, 6.45) is -0.504. The molecule has 6 aromatic rings. The van der Waals surface area contributed by atoms with E-state index < -0.39 is 19.8 Å². The Balaban J connectivity index is 1.05. The zero-order valence-electron chi connectivity index (χ0n) is 34.4. The summed E-state index contributed by atoms with van der Waals surface area (Å²) in [5.74, 6) is 0.147. The molecule has 3 aliphatic rings. The summed E-state index contributed by atoms with van der Waals surface area (Å²) in [7, 11) is -0.859. The summed E-state index contributed by atoms with van der Waals surface area (Å²) in [5, 5.41) is 13.2. The van der Waals surface area contributed by atoms with Gasteiger partial charge in [0.1, 0.15) is 5.75 Å². The van der Waals surface area contributed by atoms with E-state index in [4.69, 9.17) is 9.47 Å². The van der Waals surface area contributed by atoms with Crippen molar-refractivity contribution in [1.82, 2.24) is 4.90 Å². The summed E-state index contributed by atoms with van der Waals surface area (Å²) in [5.41, 5.74) is 4.33. The fraction of sp³-hybridized carbons (Fsp3) is 0.260. The first-order valence-corrected chi connectivity index (χ1v) is 23.8. The van der Waals surface area contributed by atoms with Crippen molar-refractivity contribution in [2.45, 2.75) is 56.8 Å². The third-order valence-corrected chi connectivity index (χ3v) is 17.5. The zero-order valence-corrected chi connectivity index (χ0v) is 35.4. The Morgan fingerprint density at radius 3 is 2.22 bits per heavy atom. The van der Waals surface area contributed by atoms with Crippen LogP contribution in [0.1, 0.15) is 40.4 Å². The van der Waals surface area contributed by atoms with Crippen molar-refractivity contribution < 1.29 is 29.0 Å². The summed E-state index contributed by atoms with van der Waals surface area (Å²) < 4.78 is 12.8. The predicted molar refractivity (Wildman–Crippen MR) is 238 cm³/mol. The number of ether oxygens (including phenoxy) is 2. The number of anilines is 3. The largest absolute Gasteiger partial charge is 0.497 e. The standard InChI is InChI=1S/C50H49N3O6Si/c1-33-47(60(3,4)39-26-24-38(58-2)25-27-39)44(30-45(55)51(28-29-54)31-34-12-6-5-7-13-34)59-50(33)41-17-8-9-18-42(41)52(49(50)57)32-35-20-22-37(23-21-35)53-43-19-11-15-36-14-10-16-40(46(36)43)48(53)56/h5-27,33,44,47,54H,28-32H2,1-4H3/t33-,44+,47-,50+/m0/s1. The first-order chi connectivity index (χ1) is 29.1. The van der Waals surface area contributed by atoms with E-state index >= 15 is 4.79 Å². The lowest BCUT2D eigenvalue weighted by atomic mass is 9.82. The number of hydrogen-bond acceptors (Lipinski definition) is 6. The molecule has 1 saturated heterocycles. The third kappa shape index (κ3) is 6.41. The number of hydrogen-bond donors (Lipinski definition) is 1. The Morgan fingerprint density at radius 2 is 1.50 bits per heavy atom. The van der Waals surface area contributed by atoms with Crippen LogP contribution < -0.4 is 19.7 Å². The lowest BCUT2D eigenvalue weighted by Gasteiger charge is -2.37. The second-order valence-corrected chi connectivity index (χ2v) is 21.5. The van der Waals surface area contributed by atoms with Crippen LogP contribution in [0.3, 0.4) is 0 Å². The number of carbonyl (C=O) groups is 3. The van der Waals surface area contributed by atoms with Gasteiger partial charge in [0.2, 0.25) is 5.91 Å². The van der Waals surface area contributed by atoms with Crippen LogP contribution in [0.5, 0.6) is 5.75 Å². The summed E-state index contributed by atoms with van der Waals surface area (Å²) in [6, 6.07) is 45.5. The molecule has 0 aromatic heterocycles. The lowest BCUT2D eigenvalue weighted by Crippen LogP contribution is -2.52. The van der Waals surface area contributed by atoms with Gasteiger partial charge in [-0.3, -0.25) is 19.3 Å². The monoisotopic (exact) mass is 815 g/mol. The molecule has 4 atom stereocenters. The second kappa shape index (κ2) is 15.5. The van der Waals surface area contributed by atoms with Crippen LogP contribution in [0.4, 0.5) is 17.1 Å². The molecule has 0 bridgehead atoms. The maximum absolute atomic E-state index is 15.4. The van der Waals surface area contributed by atoms with Gasteiger partial charge in [0.05, 0.1) is 57.8 Å². The van der Waals surface area contributed by atoms with E-state index in [2.05, 4.69) is 32.2 Å². The molecule has 6 aromatic carbocycles. The number of fused-ring (bicyclic) bond motifs is 2. The minimum Gasteiger partial charge on any atom is -0.497 e. The summed E-state index contributed by atoms with van der Waals surface area (Å²) in [6.45, 7) is 7.42. The van der Waals surface area contributed by atoms with Crippen molar-refractivity contribution in [2.24, 2.45) is 5.92 Å². The van der Waals surface area contributed by atoms with Crippen LogP contribution in [0.25, 0.3) is 10.8 Å². The lowest BCUT2D eigenvalue weighted by molar-refractivity contribution is -0.150. The normalized spacial score (nSPS) is 20.6. The molecule has 9 nitrogen and oxygen atoms in total. The van der Waals surface area contributed by atoms with E-state index in [-0.39, 0.29) is 48.8 Å². The van der Waals surface area contributed by atoms with E-state index in [1.807, 2.05) is 132 Å². The molecule has 9 rings (SSSR count). The summed E-state index contributed by atoms with van der Waals surface area (Å²) in [4.78, 5) is 48.7. The number of aliphatic hydroxyl groups excluding tert-OH is 1. The third-order valence-electron chi connectivity index (χ3n) is 13.1. The van der Waals surface area contributed by atoms with Crippen LogP contribution >= 0.6 is 0 Å². The number of carbonyl (C=O) groups excluding carboxylic acids is 3. The predicted octanol–water partition coefficient (Wildman–Crippen LogP) is 8.31. The first kappa shape index (κ1) is 39.4. The highest BCUT2D eigenvalue weighted by molar-refractivity contribution is 6.91. The van der Waals surface area contributed by atoms with Gasteiger partial charge in [-0.2, -0.15) is 0 Å². The van der Waals surface area contributed by atoms with Crippen LogP contribution in [-0.4, -0.2) is 62.2 Å². The Kier molecular flexibility index (Phi) is 10.2. The SMILES string of the molecule is COc1ccc([Si](C)(C)[C@@H]2[C@@H](CC(=O)N(CCO)Cc3ccccc3)O[C@]3(C(=O)N(Cc4ccc(N5C(=O)c6cccc7cccc5c67)cc4)c4ccccc43)[C@H]2C)cc1.